The second-order valence-electron chi connectivity index (χ2n) is 9.68. The van der Waals surface area contributed by atoms with Crippen molar-refractivity contribution in [2.45, 2.75) is 37.1 Å². The van der Waals surface area contributed by atoms with Crippen molar-refractivity contribution in [2.24, 2.45) is 5.92 Å². The molecule has 36 heavy (non-hydrogen) atoms. The Balaban J connectivity index is 1.56. The SMILES string of the molecule is Cc1ccc([C@@H]2CC[C@@]3(NC(=O)c4ccc(C#N)cc4)C(=O)NC[C@H]3[C@H]2c2ccc(Cl)cc2)c(Cl)c1. The van der Waals surface area contributed by atoms with Crippen molar-refractivity contribution in [2.75, 3.05) is 6.54 Å². The zero-order valence-electron chi connectivity index (χ0n) is 19.7. The predicted octanol–water partition coefficient (Wildman–Crippen LogP) is 5.75. The van der Waals surface area contributed by atoms with Crippen molar-refractivity contribution in [3.8, 4) is 6.07 Å². The van der Waals surface area contributed by atoms with E-state index in [-0.39, 0.29) is 29.6 Å². The predicted molar refractivity (Wildman–Crippen MR) is 140 cm³/mol. The molecule has 3 aromatic carbocycles. The van der Waals surface area contributed by atoms with Crippen molar-refractivity contribution in [1.29, 1.82) is 5.26 Å². The molecule has 4 atom stereocenters. The molecule has 0 unspecified atom stereocenters. The Morgan fingerprint density at radius 2 is 1.81 bits per heavy atom. The number of hydrogen-bond acceptors (Lipinski definition) is 3. The minimum Gasteiger partial charge on any atom is -0.354 e. The largest absolute Gasteiger partial charge is 0.354 e. The van der Waals surface area contributed by atoms with Gasteiger partial charge in [0, 0.05) is 28.1 Å². The number of nitriles is 1. The quantitative estimate of drug-likeness (QED) is 0.462. The van der Waals surface area contributed by atoms with E-state index in [1.807, 2.05) is 37.3 Å². The fraction of sp³-hybridized carbons (Fsp3) is 0.276. The van der Waals surface area contributed by atoms with Crippen LogP contribution in [-0.4, -0.2) is 23.9 Å². The van der Waals surface area contributed by atoms with E-state index in [0.717, 1.165) is 16.7 Å². The molecule has 2 N–H and O–H groups in total. The molecule has 0 radical (unpaired) electrons. The molecule has 3 aromatic rings. The summed E-state index contributed by atoms with van der Waals surface area (Å²) in [5.41, 5.74) is 3.02. The van der Waals surface area contributed by atoms with Gasteiger partial charge in [0.05, 0.1) is 11.6 Å². The minimum absolute atomic E-state index is 0.0666. The third kappa shape index (κ3) is 4.25. The lowest BCUT2D eigenvalue weighted by molar-refractivity contribution is -0.126. The van der Waals surface area contributed by atoms with Gasteiger partial charge in [-0.2, -0.15) is 5.26 Å². The van der Waals surface area contributed by atoms with E-state index in [9.17, 15) is 9.59 Å². The number of fused-ring (bicyclic) bond motifs is 1. The Bertz CT molecular complexity index is 1360. The molecule has 5 nitrogen and oxygen atoms in total. The summed E-state index contributed by atoms with van der Waals surface area (Å²) >= 11 is 12.9. The molecule has 1 aliphatic carbocycles. The van der Waals surface area contributed by atoms with Crippen LogP contribution in [-0.2, 0) is 4.79 Å². The summed E-state index contributed by atoms with van der Waals surface area (Å²) in [5, 5.41) is 16.6. The number of carbonyl (C=O) groups excluding carboxylic acids is 2. The number of nitrogens with zero attached hydrogens (tertiary/aromatic N) is 1. The molecule has 0 aromatic heterocycles. The highest BCUT2D eigenvalue weighted by molar-refractivity contribution is 6.31. The first-order chi connectivity index (χ1) is 17.3. The zero-order chi connectivity index (χ0) is 25.4. The third-order valence-corrected chi connectivity index (χ3v) is 8.24. The molecule has 1 heterocycles. The number of benzene rings is 3. The van der Waals surface area contributed by atoms with Gasteiger partial charge >= 0.3 is 0 Å². The number of amides is 2. The van der Waals surface area contributed by atoms with Crippen LogP contribution < -0.4 is 10.6 Å². The van der Waals surface area contributed by atoms with Gasteiger partial charge in [-0.1, -0.05) is 47.5 Å². The number of carbonyl (C=O) groups is 2. The first kappa shape index (κ1) is 24.4. The number of hydrogen-bond donors (Lipinski definition) is 2. The van der Waals surface area contributed by atoms with E-state index in [1.165, 1.54) is 0 Å². The average Bonchev–Trinajstić information content (AvgIpc) is 3.20. The lowest BCUT2D eigenvalue weighted by Gasteiger charge is -2.46. The van der Waals surface area contributed by atoms with Gasteiger partial charge in [0.2, 0.25) is 5.91 Å². The number of halogens is 2. The van der Waals surface area contributed by atoms with Crippen LogP contribution in [0.4, 0.5) is 0 Å². The van der Waals surface area contributed by atoms with Crippen LogP contribution >= 0.6 is 23.2 Å². The number of nitrogens with one attached hydrogen (secondary N) is 2. The maximum atomic E-state index is 13.4. The zero-order valence-corrected chi connectivity index (χ0v) is 21.2. The molecule has 182 valence electrons. The Labute approximate surface area is 220 Å². The molecular formula is C29H25Cl2N3O2. The van der Waals surface area contributed by atoms with Gasteiger partial charge in [-0.25, -0.2) is 0 Å². The fourth-order valence-electron chi connectivity index (χ4n) is 5.89. The first-order valence-electron chi connectivity index (χ1n) is 11.9. The van der Waals surface area contributed by atoms with E-state index < -0.39 is 5.54 Å². The molecule has 7 heteroatoms. The van der Waals surface area contributed by atoms with E-state index in [0.29, 0.717) is 40.6 Å². The summed E-state index contributed by atoms with van der Waals surface area (Å²) in [5.74, 6) is -0.692. The Kier molecular flexibility index (Phi) is 6.51. The Morgan fingerprint density at radius 1 is 1.08 bits per heavy atom. The molecule has 5 rings (SSSR count). The molecule has 0 bridgehead atoms. The molecule has 1 saturated carbocycles. The minimum atomic E-state index is -1.05. The smallest absolute Gasteiger partial charge is 0.252 e. The molecular weight excluding hydrogens is 493 g/mol. The fourth-order valence-corrected chi connectivity index (χ4v) is 6.39. The lowest BCUT2D eigenvalue weighted by Crippen LogP contribution is -2.60. The molecule has 1 saturated heterocycles. The normalized spacial score (nSPS) is 24.9. The van der Waals surface area contributed by atoms with Crippen LogP contribution in [0.3, 0.4) is 0 Å². The van der Waals surface area contributed by atoms with Gasteiger partial charge in [0.25, 0.3) is 5.91 Å². The standard InChI is InChI=1S/C29H25Cl2N3O2/c1-17-2-11-22(25(31)14-17)23-12-13-29(34-27(35)20-5-3-18(15-32)4-6-20)24(16-33-28(29)36)26(23)19-7-9-21(30)10-8-19/h2-11,14,23-24,26H,12-13,16H2,1H3,(H,33,36)(H,34,35)/t23-,24-,26-,29-/m0/s1. The molecule has 2 aliphatic rings. The summed E-state index contributed by atoms with van der Waals surface area (Å²) in [4.78, 5) is 26.7. The summed E-state index contributed by atoms with van der Waals surface area (Å²) in [7, 11) is 0. The molecule has 2 fully saturated rings. The van der Waals surface area contributed by atoms with Crippen LogP contribution in [0.1, 0.15) is 57.3 Å². The summed E-state index contributed by atoms with van der Waals surface area (Å²) < 4.78 is 0. The average molecular weight is 518 g/mol. The highest BCUT2D eigenvalue weighted by Gasteiger charge is 2.58. The van der Waals surface area contributed by atoms with Crippen LogP contribution in [0.5, 0.6) is 0 Å². The second kappa shape index (κ2) is 9.61. The van der Waals surface area contributed by atoms with Crippen molar-refractivity contribution < 1.29 is 9.59 Å². The maximum Gasteiger partial charge on any atom is 0.252 e. The third-order valence-electron chi connectivity index (χ3n) is 7.66. The van der Waals surface area contributed by atoms with Gasteiger partial charge in [0.15, 0.2) is 0 Å². The van der Waals surface area contributed by atoms with Gasteiger partial charge in [-0.05, 0) is 90.8 Å². The molecule has 2 amide bonds. The van der Waals surface area contributed by atoms with Crippen molar-refractivity contribution in [3.63, 3.8) is 0 Å². The van der Waals surface area contributed by atoms with Crippen molar-refractivity contribution in [1.82, 2.24) is 10.6 Å². The van der Waals surface area contributed by atoms with E-state index in [1.54, 1.807) is 24.3 Å². The molecule has 0 spiro atoms. The van der Waals surface area contributed by atoms with Gasteiger partial charge in [-0.3, -0.25) is 9.59 Å². The highest BCUT2D eigenvalue weighted by Crippen LogP contribution is 2.54. The van der Waals surface area contributed by atoms with Gasteiger partial charge in [0.1, 0.15) is 5.54 Å². The number of aryl methyl sites for hydroxylation is 1. The van der Waals surface area contributed by atoms with Crippen molar-refractivity contribution >= 4 is 35.0 Å². The van der Waals surface area contributed by atoms with E-state index in [4.69, 9.17) is 28.5 Å². The topological polar surface area (TPSA) is 82.0 Å². The highest BCUT2D eigenvalue weighted by atomic mass is 35.5. The van der Waals surface area contributed by atoms with Crippen LogP contribution in [0.25, 0.3) is 0 Å². The summed E-state index contributed by atoms with van der Waals surface area (Å²) in [6, 6.07) is 22.3. The lowest BCUT2D eigenvalue weighted by atomic mass is 9.60. The van der Waals surface area contributed by atoms with E-state index >= 15 is 0 Å². The summed E-state index contributed by atoms with van der Waals surface area (Å²) in [6.07, 6.45) is 1.16. The Hall–Kier alpha value is -3.33. The van der Waals surface area contributed by atoms with Gasteiger partial charge < -0.3 is 10.6 Å². The maximum absolute atomic E-state index is 13.4. The van der Waals surface area contributed by atoms with Crippen LogP contribution in [0.2, 0.25) is 10.0 Å². The second-order valence-corrected chi connectivity index (χ2v) is 10.5. The first-order valence-corrected chi connectivity index (χ1v) is 12.7. The van der Waals surface area contributed by atoms with Crippen LogP contribution in [0.15, 0.2) is 66.7 Å². The summed E-state index contributed by atoms with van der Waals surface area (Å²) in [6.45, 7) is 2.45. The van der Waals surface area contributed by atoms with E-state index in [2.05, 4.69) is 28.8 Å². The van der Waals surface area contributed by atoms with Gasteiger partial charge in [-0.15, -0.1) is 0 Å². The monoisotopic (exact) mass is 517 g/mol. The Morgan fingerprint density at radius 3 is 2.47 bits per heavy atom. The van der Waals surface area contributed by atoms with Crippen molar-refractivity contribution in [3.05, 3.63) is 105 Å². The van der Waals surface area contributed by atoms with Crippen LogP contribution in [0, 0.1) is 24.2 Å². The molecule has 1 aliphatic heterocycles. The number of rotatable bonds is 4.